The predicted molar refractivity (Wildman–Crippen MR) is 121 cm³/mol. The summed E-state index contributed by atoms with van der Waals surface area (Å²) in [7, 11) is 0. The molecule has 4 aromatic rings. The molecule has 0 amide bonds. The van der Waals surface area contributed by atoms with Gasteiger partial charge in [-0.05, 0) is 24.3 Å². The van der Waals surface area contributed by atoms with Crippen LogP contribution in [0.3, 0.4) is 0 Å². The summed E-state index contributed by atoms with van der Waals surface area (Å²) in [4.78, 5) is 9.28. The van der Waals surface area contributed by atoms with Crippen molar-refractivity contribution >= 4 is 50.6 Å². The number of aliphatic hydroxyl groups excluding tert-OH is 2. The van der Waals surface area contributed by atoms with E-state index >= 15 is 0 Å². The van der Waals surface area contributed by atoms with Gasteiger partial charge in [0.25, 0.3) is 0 Å². The van der Waals surface area contributed by atoms with Crippen molar-refractivity contribution in [1.29, 1.82) is 0 Å². The molecule has 0 spiro atoms. The summed E-state index contributed by atoms with van der Waals surface area (Å²) in [5.74, 6) is 0.142. The Kier molecular flexibility index (Phi) is 5.40. The largest absolute Gasteiger partial charge is 0.507 e. The maximum atomic E-state index is 10.6. The zero-order valence-corrected chi connectivity index (χ0v) is 16.9. The molecule has 29 heavy (non-hydrogen) atoms. The van der Waals surface area contributed by atoms with Crippen LogP contribution in [0.25, 0.3) is 34.7 Å². The normalized spacial score (nSPS) is 12.3. The molecule has 0 aliphatic rings. The number of nitrogens with zero attached hydrogens (tertiary/aromatic N) is 2. The van der Waals surface area contributed by atoms with Gasteiger partial charge in [-0.1, -0.05) is 70.5 Å². The quantitative estimate of drug-likeness (QED) is 0.352. The van der Waals surface area contributed by atoms with Crippen molar-refractivity contribution in [3.8, 4) is 0 Å². The molecule has 0 radical (unpaired) electrons. The Morgan fingerprint density at radius 3 is 1.59 bits per heavy atom. The van der Waals surface area contributed by atoms with Crippen LogP contribution in [0.15, 0.2) is 83.3 Å². The molecule has 0 saturated carbocycles. The summed E-state index contributed by atoms with van der Waals surface area (Å²) < 4.78 is 0.927. The van der Waals surface area contributed by atoms with E-state index in [0.29, 0.717) is 33.5 Å². The summed E-state index contributed by atoms with van der Waals surface area (Å²) in [5, 5.41) is 21.2. The Balaban J connectivity index is 1.84. The monoisotopic (exact) mass is 444 g/mol. The van der Waals surface area contributed by atoms with E-state index in [2.05, 4.69) is 25.9 Å². The lowest BCUT2D eigenvalue weighted by atomic mass is 10.1. The van der Waals surface area contributed by atoms with Crippen molar-refractivity contribution in [2.24, 2.45) is 0 Å². The molecule has 0 saturated heterocycles. The second-order valence-electron chi connectivity index (χ2n) is 6.41. The maximum Gasteiger partial charge on any atom is 0.125 e. The van der Waals surface area contributed by atoms with Gasteiger partial charge < -0.3 is 10.2 Å². The summed E-state index contributed by atoms with van der Waals surface area (Å²) in [6, 6.07) is 24.0. The number of para-hydroxylation sites is 2. The predicted octanol–water partition coefficient (Wildman–Crippen LogP) is 6.50. The van der Waals surface area contributed by atoms with E-state index in [-0.39, 0.29) is 11.5 Å². The van der Waals surface area contributed by atoms with Crippen molar-refractivity contribution < 1.29 is 10.2 Å². The van der Waals surface area contributed by atoms with E-state index in [4.69, 9.17) is 0 Å². The number of aliphatic hydroxyl groups is 2. The first-order valence-electron chi connectivity index (χ1n) is 8.99. The fourth-order valence-corrected chi connectivity index (χ4v) is 3.16. The standard InChI is InChI=1S/C24H17BrN2O2/c25-18-12-10-17(11-13-18)24(29)15-22-21(14-23(28)16-6-2-1-3-7-16)26-19-8-4-5-9-20(19)27-22/h1-15,28-29H/b23-14-,24-15-. The average Bonchev–Trinajstić information content (AvgIpc) is 2.75. The van der Waals surface area contributed by atoms with Gasteiger partial charge in [-0.3, -0.25) is 0 Å². The highest BCUT2D eigenvalue weighted by molar-refractivity contribution is 9.10. The zero-order valence-electron chi connectivity index (χ0n) is 15.3. The fraction of sp³-hybridized carbons (Fsp3) is 0. The van der Waals surface area contributed by atoms with Crippen molar-refractivity contribution in [2.75, 3.05) is 0 Å². The molecule has 3 aromatic carbocycles. The SMILES string of the molecule is O/C(=C\c1nc2ccccc2nc1/C=C(\O)c1ccc(Br)cc1)c1ccccc1. The van der Waals surface area contributed by atoms with Gasteiger partial charge in [0.2, 0.25) is 0 Å². The van der Waals surface area contributed by atoms with E-state index in [1.54, 1.807) is 24.3 Å². The summed E-state index contributed by atoms with van der Waals surface area (Å²) in [6.45, 7) is 0. The summed E-state index contributed by atoms with van der Waals surface area (Å²) in [5.41, 5.74) is 3.68. The van der Waals surface area contributed by atoms with Gasteiger partial charge >= 0.3 is 0 Å². The first kappa shape index (κ1) is 18.9. The fourth-order valence-electron chi connectivity index (χ4n) is 2.90. The lowest BCUT2D eigenvalue weighted by molar-refractivity contribution is 0.514. The van der Waals surface area contributed by atoms with E-state index in [1.807, 2.05) is 66.7 Å². The molecule has 1 heterocycles. The van der Waals surface area contributed by atoms with Gasteiger partial charge in [-0.25, -0.2) is 9.97 Å². The van der Waals surface area contributed by atoms with Crippen LogP contribution in [0.4, 0.5) is 0 Å². The van der Waals surface area contributed by atoms with E-state index < -0.39 is 0 Å². The van der Waals surface area contributed by atoms with Gasteiger partial charge in [-0.15, -0.1) is 0 Å². The minimum atomic E-state index is 0.0657. The van der Waals surface area contributed by atoms with Crippen molar-refractivity contribution in [2.45, 2.75) is 0 Å². The molecule has 0 aliphatic heterocycles. The highest BCUT2D eigenvalue weighted by Crippen LogP contribution is 2.23. The van der Waals surface area contributed by atoms with Crippen molar-refractivity contribution in [1.82, 2.24) is 9.97 Å². The highest BCUT2D eigenvalue weighted by atomic mass is 79.9. The number of benzene rings is 3. The Morgan fingerprint density at radius 1 is 0.621 bits per heavy atom. The highest BCUT2D eigenvalue weighted by Gasteiger charge is 2.10. The van der Waals surface area contributed by atoms with Crippen LogP contribution in [0, 0.1) is 0 Å². The number of rotatable bonds is 4. The van der Waals surface area contributed by atoms with Gasteiger partial charge in [0.15, 0.2) is 0 Å². The topological polar surface area (TPSA) is 66.2 Å². The molecule has 5 heteroatoms. The smallest absolute Gasteiger partial charge is 0.125 e. The van der Waals surface area contributed by atoms with Crippen LogP contribution >= 0.6 is 15.9 Å². The van der Waals surface area contributed by atoms with E-state index in [0.717, 1.165) is 4.47 Å². The molecular weight excluding hydrogens is 428 g/mol. The molecule has 0 aliphatic carbocycles. The van der Waals surface area contributed by atoms with Crippen LogP contribution in [0.5, 0.6) is 0 Å². The number of fused-ring (bicyclic) bond motifs is 1. The first-order valence-corrected chi connectivity index (χ1v) is 9.79. The van der Waals surface area contributed by atoms with Gasteiger partial charge in [0.1, 0.15) is 11.5 Å². The second kappa shape index (κ2) is 8.29. The third-order valence-electron chi connectivity index (χ3n) is 4.38. The Hall–Kier alpha value is -3.44. The van der Waals surface area contributed by atoms with Crippen LogP contribution in [0.2, 0.25) is 0 Å². The summed E-state index contributed by atoms with van der Waals surface area (Å²) >= 11 is 3.39. The number of aromatic nitrogens is 2. The Labute approximate surface area is 176 Å². The molecule has 4 rings (SSSR count). The minimum Gasteiger partial charge on any atom is -0.507 e. The molecule has 0 unspecified atom stereocenters. The summed E-state index contributed by atoms with van der Waals surface area (Å²) in [6.07, 6.45) is 3.13. The minimum absolute atomic E-state index is 0.0657. The van der Waals surface area contributed by atoms with Crippen LogP contribution < -0.4 is 0 Å². The number of halogens is 1. The number of hydrogen-bond acceptors (Lipinski definition) is 4. The molecule has 142 valence electrons. The van der Waals surface area contributed by atoms with Crippen LogP contribution in [-0.2, 0) is 0 Å². The first-order chi connectivity index (χ1) is 14.1. The third-order valence-corrected chi connectivity index (χ3v) is 4.91. The maximum absolute atomic E-state index is 10.6. The van der Waals surface area contributed by atoms with E-state index in [1.165, 1.54) is 0 Å². The Bertz CT molecular complexity index is 1220. The average molecular weight is 445 g/mol. The molecular formula is C24H17BrN2O2. The second-order valence-corrected chi connectivity index (χ2v) is 7.33. The zero-order chi connectivity index (χ0) is 20.2. The van der Waals surface area contributed by atoms with Crippen molar-refractivity contribution in [3.63, 3.8) is 0 Å². The lowest BCUT2D eigenvalue weighted by Crippen LogP contribution is -1.96. The van der Waals surface area contributed by atoms with Gasteiger partial charge in [0, 0.05) is 27.8 Å². The molecule has 2 N–H and O–H groups in total. The molecule has 1 aromatic heterocycles. The molecule has 4 nitrogen and oxygen atoms in total. The van der Waals surface area contributed by atoms with Crippen LogP contribution in [-0.4, -0.2) is 20.2 Å². The molecule has 0 fully saturated rings. The number of hydrogen-bond donors (Lipinski definition) is 2. The van der Waals surface area contributed by atoms with Gasteiger partial charge in [0.05, 0.1) is 22.4 Å². The molecule has 0 bridgehead atoms. The Morgan fingerprint density at radius 2 is 1.07 bits per heavy atom. The van der Waals surface area contributed by atoms with Crippen LogP contribution in [0.1, 0.15) is 22.5 Å². The molecule has 0 atom stereocenters. The third kappa shape index (κ3) is 4.36. The lowest BCUT2D eigenvalue weighted by Gasteiger charge is -2.07. The van der Waals surface area contributed by atoms with E-state index in [9.17, 15) is 10.2 Å². The van der Waals surface area contributed by atoms with Gasteiger partial charge in [-0.2, -0.15) is 0 Å². The van der Waals surface area contributed by atoms with Crippen molar-refractivity contribution in [3.05, 3.63) is 106 Å².